The zero-order chi connectivity index (χ0) is 17.8. The number of nitrogens with one attached hydrogen (secondary N) is 1. The largest absolute Gasteiger partial charge is 0.325 e. The molecule has 0 aromatic heterocycles. The van der Waals surface area contributed by atoms with E-state index in [9.17, 15) is 13.2 Å². The van der Waals surface area contributed by atoms with Gasteiger partial charge in [-0.3, -0.25) is 4.79 Å². The van der Waals surface area contributed by atoms with Crippen LogP contribution in [0.1, 0.15) is 46.6 Å². The number of amides is 1. The Morgan fingerprint density at radius 1 is 1.22 bits per heavy atom. The summed E-state index contributed by atoms with van der Waals surface area (Å²) in [7, 11) is -3.45. The maximum atomic E-state index is 12.2. The van der Waals surface area contributed by atoms with E-state index in [2.05, 4.69) is 19.2 Å². The van der Waals surface area contributed by atoms with Gasteiger partial charge >= 0.3 is 0 Å². The second-order valence-corrected chi connectivity index (χ2v) is 10.4. The van der Waals surface area contributed by atoms with Crippen molar-refractivity contribution in [1.29, 1.82) is 0 Å². The van der Waals surface area contributed by atoms with Gasteiger partial charge in [0.15, 0.2) is 9.84 Å². The van der Waals surface area contributed by atoms with Crippen LogP contribution in [0.2, 0.25) is 0 Å². The number of benzene rings is 1. The Morgan fingerprint density at radius 3 is 2.30 bits per heavy atom. The van der Waals surface area contributed by atoms with E-state index in [1.54, 1.807) is 25.6 Å². The molecular weight excluding hydrogens is 330 g/mol. The summed E-state index contributed by atoms with van der Waals surface area (Å²) < 4.78 is 24.2. The van der Waals surface area contributed by atoms with Crippen molar-refractivity contribution in [3.05, 3.63) is 23.8 Å². The Kier molecular flexibility index (Phi) is 7.14. The van der Waals surface area contributed by atoms with E-state index >= 15 is 0 Å². The molecule has 0 spiro atoms. The van der Waals surface area contributed by atoms with Crippen molar-refractivity contribution in [2.45, 2.75) is 68.6 Å². The van der Waals surface area contributed by atoms with E-state index in [1.807, 2.05) is 25.1 Å². The zero-order valence-corrected chi connectivity index (χ0v) is 16.3. The van der Waals surface area contributed by atoms with Crippen molar-refractivity contribution in [3.8, 4) is 0 Å². The van der Waals surface area contributed by atoms with Crippen LogP contribution in [0.4, 0.5) is 5.69 Å². The molecule has 0 fully saturated rings. The molecule has 0 bridgehead atoms. The quantitative estimate of drug-likeness (QED) is 0.748. The van der Waals surface area contributed by atoms with Gasteiger partial charge in [-0.2, -0.15) is 0 Å². The minimum absolute atomic E-state index is 0.482. The normalized spacial score (nSPS) is 14.6. The highest BCUT2D eigenvalue weighted by atomic mass is 32.2. The highest BCUT2D eigenvalue weighted by Gasteiger charge is 2.30. The van der Waals surface area contributed by atoms with Crippen molar-refractivity contribution in [3.63, 3.8) is 0 Å². The Bertz CT molecular complexity index is 654. The van der Waals surface area contributed by atoms with E-state index in [1.165, 1.54) is 6.92 Å². The molecule has 0 radical (unpaired) electrons. The number of carbonyl (C=O) groups is 1. The molecule has 1 aromatic carbocycles. The van der Waals surface area contributed by atoms with Crippen LogP contribution in [0.3, 0.4) is 0 Å². The Hall–Kier alpha value is -1.01. The zero-order valence-electron chi connectivity index (χ0n) is 14.7. The topological polar surface area (TPSA) is 63.2 Å². The Labute approximate surface area is 144 Å². The van der Waals surface area contributed by atoms with Gasteiger partial charge in [0.05, 0.1) is 5.25 Å². The van der Waals surface area contributed by atoms with Crippen LogP contribution in [-0.2, 0) is 14.6 Å². The van der Waals surface area contributed by atoms with Crippen LogP contribution in [0, 0.1) is 6.92 Å². The van der Waals surface area contributed by atoms with E-state index < -0.39 is 26.2 Å². The molecule has 1 amide bonds. The van der Waals surface area contributed by atoms with Crippen LogP contribution in [0.5, 0.6) is 0 Å². The molecule has 2 atom stereocenters. The summed E-state index contributed by atoms with van der Waals surface area (Å²) in [6, 6.07) is 5.82. The minimum atomic E-state index is -3.45. The second-order valence-electron chi connectivity index (χ2n) is 6.08. The van der Waals surface area contributed by atoms with Crippen molar-refractivity contribution in [2.75, 3.05) is 5.32 Å². The molecule has 0 aliphatic heterocycles. The molecule has 0 aliphatic carbocycles. The first-order valence-corrected chi connectivity index (χ1v) is 10.4. The second kappa shape index (κ2) is 8.20. The van der Waals surface area contributed by atoms with Crippen LogP contribution >= 0.6 is 11.8 Å². The Morgan fingerprint density at radius 2 is 1.83 bits per heavy atom. The standard InChI is InChI=1S/C17H27NO3S2/c1-7-13(5)22-15-8-9-16(12(4)10-15)18-17(19)14(6)23(20,21)11(2)3/h8-11,13-14H,7H2,1-6H3,(H,18,19)/t13-,14-/m0/s1. The summed E-state index contributed by atoms with van der Waals surface area (Å²) in [4.78, 5) is 13.4. The lowest BCUT2D eigenvalue weighted by atomic mass is 10.2. The van der Waals surface area contributed by atoms with E-state index in [-0.39, 0.29) is 0 Å². The average Bonchev–Trinajstić information content (AvgIpc) is 2.48. The number of anilines is 1. The predicted molar refractivity (Wildman–Crippen MR) is 98.9 cm³/mol. The molecule has 6 heteroatoms. The van der Waals surface area contributed by atoms with Crippen molar-refractivity contribution < 1.29 is 13.2 Å². The average molecular weight is 358 g/mol. The summed E-state index contributed by atoms with van der Waals surface area (Å²) in [5.41, 5.74) is 1.59. The molecule has 1 aromatic rings. The summed E-state index contributed by atoms with van der Waals surface area (Å²) >= 11 is 1.79. The highest BCUT2D eigenvalue weighted by molar-refractivity contribution is 8.00. The fourth-order valence-electron chi connectivity index (χ4n) is 1.96. The number of rotatable bonds is 7. The number of carbonyl (C=O) groups excluding carboxylic acids is 1. The number of hydrogen-bond acceptors (Lipinski definition) is 4. The number of hydrogen-bond donors (Lipinski definition) is 1. The summed E-state index contributed by atoms with van der Waals surface area (Å²) in [5, 5.41) is 1.64. The van der Waals surface area contributed by atoms with Gasteiger partial charge in [-0.1, -0.05) is 13.8 Å². The Balaban J connectivity index is 2.87. The van der Waals surface area contributed by atoms with Crippen LogP contribution in [0.15, 0.2) is 23.1 Å². The van der Waals surface area contributed by atoms with Gasteiger partial charge in [0.2, 0.25) is 5.91 Å². The summed E-state index contributed by atoms with van der Waals surface area (Å²) in [5.74, 6) is -0.482. The van der Waals surface area contributed by atoms with Crippen LogP contribution in [0.25, 0.3) is 0 Å². The number of aryl methyl sites for hydroxylation is 1. The minimum Gasteiger partial charge on any atom is -0.325 e. The van der Waals surface area contributed by atoms with Gasteiger partial charge in [0.25, 0.3) is 0 Å². The summed E-state index contributed by atoms with van der Waals surface area (Å²) in [6.07, 6.45) is 1.09. The van der Waals surface area contributed by atoms with E-state index in [0.29, 0.717) is 10.9 Å². The molecule has 0 saturated carbocycles. The molecule has 1 N–H and O–H groups in total. The van der Waals surface area contributed by atoms with Gasteiger partial charge in [-0.15, -0.1) is 11.8 Å². The SMILES string of the molecule is CC[C@H](C)Sc1ccc(NC(=O)[C@H](C)S(=O)(=O)C(C)C)c(C)c1. The van der Waals surface area contributed by atoms with Gasteiger partial charge in [0.1, 0.15) is 5.25 Å². The van der Waals surface area contributed by atoms with Gasteiger partial charge in [-0.25, -0.2) is 8.42 Å². The van der Waals surface area contributed by atoms with Crippen LogP contribution < -0.4 is 5.32 Å². The highest BCUT2D eigenvalue weighted by Crippen LogP contribution is 2.28. The smallest absolute Gasteiger partial charge is 0.242 e. The number of thioether (sulfide) groups is 1. The van der Waals surface area contributed by atoms with Crippen molar-refractivity contribution in [1.82, 2.24) is 0 Å². The third-order valence-corrected chi connectivity index (χ3v) is 7.66. The van der Waals surface area contributed by atoms with Crippen molar-refractivity contribution in [2.24, 2.45) is 0 Å². The lowest BCUT2D eigenvalue weighted by Crippen LogP contribution is -2.36. The first-order chi connectivity index (χ1) is 10.6. The molecule has 0 unspecified atom stereocenters. The molecule has 4 nitrogen and oxygen atoms in total. The van der Waals surface area contributed by atoms with E-state index in [4.69, 9.17) is 0 Å². The summed E-state index contributed by atoms with van der Waals surface area (Å²) in [6.45, 7) is 10.9. The third-order valence-electron chi connectivity index (χ3n) is 3.89. The molecule has 0 heterocycles. The fourth-order valence-corrected chi connectivity index (χ4v) is 4.15. The predicted octanol–water partition coefficient (Wildman–Crippen LogP) is 4.04. The molecular formula is C17H27NO3S2. The van der Waals surface area contributed by atoms with Gasteiger partial charge < -0.3 is 5.32 Å². The maximum Gasteiger partial charge on any atom is 0.242 e. The van der Waals surface area contributed by atoms with Crippen molar-refractivity contribution >= 4 is 33.2 Å². The molecule has 0 aliphatic rings. The monoisotopic (exact) mass is 357 g/mol. The van der Waals surface area contributed by atoms with E-state index in [0.717, 1.165) is 16.9 Å². The molecule has 1 rings (SSSR count). The third kappa shape index (κ3) is 5.24. The first kappa shape index (κ1) is 20.0. The lowest BCUT2D eigenvalue weighted by molar-refractivity contribution is -0.115. The maximum absolute atomic E-state index is 12.2. The van der Waals surface area contributed by atoms with Gasteiger partial charge in [0, 0.05) is 15.8 Å². The fraction of sp³-hybridized carbons (Fsp3) is 0.588. The number of sulfone groups is 1. The first-order valence-electron chi connectivity index (χ1n) is 7.90. The van der Waals surface area contributed by atoms with Crippen LogP contribution in [-0.4, -0.2) is 30.1 Å². The van der Waals surface area contributed by atoms with Gasteiger partial charge in [-0.05, 0) is 57.9 Å². The molecule has 130 valence electrons. The molecule has 0 saturated heterocycles. The lowest BCUT2D eigenvalue weighted by Gasteiger charge is -2.17. The molecule has 23 heavy (non-hydrogen) atoms.